The van der Waals surface area contributed by atoms with Crippen molar-refractivity contribution in [3.8, 4) is 0 Å². The maximum atomic E-state index is 12.2. The summed E-state index contributed by atoms with van der Waals surface area (Å²) in [4.78, 5) is 27.8. The van der Waals surface area contributed by atoms with E-state index in [-0.39, 0.29) is 5.91 Å². The molecule has 21 heavy (non-hydrogen) atoms. The van der Waals surface area contributed by atoms with Crippen molar-refractivity contribution in [1.29, 1.82) is 0 Å². The summed E-state index contributed by atoms with van der Waals surface area (Å²) in [5.74, 6) is -0.827. The molecule has 2 atom stereocenters. The third kappa shape index (κ3) is 3.44. The Bertz CT molecular complexity index is 574. The number of aliphatic imine (C=N–C) groups is 1. The molecule has 0 saturated heterocycles. The molecule has 0 aromatic heterocycles. The summed E-state index contributed by atoms with van der Waals surface area (Å²) in [7, 11) is 0. The largest absolute Gasteiger partial charge is 0.480 e. The number of rotatable bonds is 5. The number of hydrogen-bond donors (Lipinski definition) is 2. The lowest BCUT2D eigenvalue weighted by Gasteiger charge is -2.25. The van der Waals surface area contributed by atoms with E-state index in [1.165, 1.54) is 18.7 Å². The molecule has 1 aromatic carbocycles. The van der Waals surface area contributed by atoms with Gasteiger partial charge in [-0.3, -0.25) is 9.79 Å². The number of aliphatic carboxylic acids is 1. The summed E-state index contributed by atoms with van der Waals surface area (Å²) in [6.45, 7) is 3.24. The molecule has 1 aliphatic rings. The topological polar surface area (TPSA) is 78.8 Å². The monoisotopic (exact) mass is 306 g/mol. The van der Waals surface area contributed by atoms with Gasteiger partial charge in [-0.15, -0.1) is 11.8 Å². The zero-order chi connectivity index (χ0) is 15.5. The van der Waals surface area contributed by atoms with Crippen LogP contribution in [0.1, 0.15) is 25.8 Å². The maximum Gasteiger partial charge on any atom is 0.329 e. The molecule has 0 spiro atoms. The van der Waals surface area contributed by atoms with Crippen LogP contribution in [0.25, 0.3) is 0 Å². The fourth-order valence-corrected chi connectivity index (χ4v) is 2.94. The van der Waals surface area contributed by atoms with Crippen molar-refractivity contribution in [3.63, 3.8) is 0 Å². The summed E-state index contributed by atoms with van der Waals surface area (Å²) < 4.78 is 0. The lowest BCUT2D eigenvalue weighted by atomic mass is 9.99. The van der Waals surface area contributed by atoms with Gasteiger partial charge < -0.3 is 10.4 Å². The van der Waals surface area contributed by atoms with Gasteiger partial charge in [0.15, 0.2) is 0 Å². The Balaban J connectivity index is 2.09. The second kappa shape index (κ2) is 6.30. The summed E-state index contributed by atoms with van der Waals surface area (Å²) in [5, 5.41) is 12.6. The van der Waals surface area contributed by atoms with Gasteiger partial charge in [0.25, 0.3) is 0 Å². The zero-order valence-electron chi connectivity index (χ0n) is 12.0. The number of carbonyl (C=O) groups is 2. The summed E-state index contributed by atoms with van der Waals surface area (Å²) in [6, 6.07) is 9.12. The second-order valence-electron chi connectivity index (χ2n) is 5.11. The van der Waals surface area contributed by atoms with E-state index in [9.17, 15) is 14.7 Å². The Hall–Kier alpha value is -1.82. The predicted octanol–water partition coefficient (Wildman–Crippen LogP) is 1.92. The minimum Gasteiger partial charge on any atom is -0.480 e. The van der Waals surface area contributed by atoms with Crippen molar-refractivity contribution in [2.45, 2.75) is 31.8 Å². The Morgan fingerprint density at radius 1 is 1.43 bits per heavy atom. The highest BCUT2D eigenvalue weighted by atomic mass is 32.2. The molecular formula is C15H18N2O3S. The number of amides is 1. The smallest absolute Gasteiger partial charge is 0.329 e. The van der Waals surface area contributed by atoms with Crippen molar-refractivity contribution < 1.29 is 14.7 Å². The van der Waals surface area contributed by atoms with Gasteiger partial charge in [0.1, 0.15) is 11.6 Å². The first-order valence-corrected chi connectivity index (χ1v) is 7.76. The molecule has 0 saturated carbocycles. The lowest BCUT2D eigenvalue weighted by molar-refractivity contribution is -0.147. The molecule has 0 bridgehead atoms. The number of nitrogens with one attached hydrogen (secondary N) is 1. The third-order valence-corrected chi connectivity index (χ3v) is 4.65. The molecule has 112 valence electrons. The minimum atomic E-state index is -1.24. The van der Waals surface area contributed by atoms with Crippen LogP contribution in [0, 0.1) is 0 Å². The van der Waals surface area contributed by atoms with Crippen molar-refractivity contribution in [3.05, 3.63) is 35.9 Å². The van der Waals surface area contributed by atoms with Gasteiger partial charge in [-0.25, -0.2) is 4.79 Å². The normalized spacial score (nSPS) is 20.5. The molecule has 2 rings (SSSR count). The van der Waals surface area contributed by atoms with E-state index in [1.807, 2.05) is 30.3 Å². The molecule has 0 radical (unpaired) electrons. The molecule has 2 unspecified atom stereocenters. The summed E-state index contributed by atoms with van der Waals surface area (Å²) in [5.41, 5.74) is -0.262. The minimum absolute atomic E-state index is 0.323. The van der Waals surface area contributed by atoms with Crippen LogP contribution < -0.4 is 5.32 Å². The van der Waals surface area contributed by atoms with E-state index in [2.05, 4.69) is 10.3 Å². The van der Waals surface area contributed by atoms with Gasteiger partial charge in [0.05, 0.1) is 5.04 Å². The standard InChI is InChI=1S/C15H18N2O3S/c1-3-15(2,14(19)20)17-12(18)11-9-21-13(16-11)10-7-5-4-6-8-10/h4-8,11H,3,9H2,1-2H3,(H,17,18)(H,19,20). The van der Waals surface area contributed by atoms with Crippen LogP contribution in [0.5, 0.6) is 0 Å². The highest BCUT2D eigenvalue weighted by Gasteiger charge is 2.36. The molecule has 0 aliphatic carbocycles. The fraction of sp³-hybridized carbons (Fsp3) is 0.400. The van der Waals surface area contributed by atoms with Crippen molar-refractivity contribution in [1.82, 2.24) is 5.32 Å². The van der Waals surface area contributed by atoms with E-state index < -0.39 is 17.6 Å². The highest BCUT2D eigenvalue weighted by Crippen LogP contribution is 2.24. The third-order valence-electron chi connectivity index (χ3n) is 3.55. The fourth-order valence-electron chi connectivity index (χ4n) is 1.90. The van der Waals surface area contributed by atoms with Crippen molar-refractivity contribution in [2.75, 3.05) is 5.75 Å². The highest BCUT2D eigenvalue weighted by molar-refractivity contribution is 8.14. The van der Waals surface area contributed by atoms with Gasteiger partial charge >= 0.3 is 5.97 Å². The quantitative estimate of drug-likeness (QED) is 0.871. The SMILES string of the molecule is CCC(C)(NC(=O)C1CSC(c2ccccc2)=N1)C(=O)O. The van der Waals surface area contributed by atoms with Crippen LogP contribution in [0.3, 0.4) is 0 Å². The first-order chi connectivity index (χ1) is 9.96. The number of carbonyl (C=O) groups excluding carboxylic acids is 1. The summed E-state index contributed by atoms with van der Waals surface area (Å²) in [6.07, 6.45) is 0.323. The molecular weight excluding hydrogens is 288 g/mol. The number of thioether (sulfide) groups is 1. The van der Waals surface area contributed by atoms with E-state index >= 15 is 0 Å². The molecule has 6 heteroatoms. The molecule has 1 heterocycles. The average molecular weight is 306 g/mol. The van der Waals surface area contributed by atoms with Crippen LogP contribution in [0.15, 0.2) is 35.3 Å². The second-order valence-corrected chi connectivity index (χ2v) is 6.12. The molecule has 5 nitrogen and oxygen atoms in total. The van der Waals surface area contributed by atoms with Gasteiger partial charge in [0, 0.05) is 11.3 Å². The lowest BCUT2D eigenvalue weighted by Crippen LogP contribution is -2.54. The van der Waals surface area contributed by atoms with Crippen molar-refractivity contribution in [2.24, 2.45) is 4.99 Å². The first-order valence-electron chi connectivity index (χ1n) is 6.77. The van der Waals surface area contributed by atoms with Gasteiger partial charge in [-0.1, -0.05) is 37.3 Å². The number of benzene rings is 1. The number of carboxylic acids is 1. The Labute approximate surface area is 127 Å². The Kier molecular flexibility index (Phi) is 4.67. The first kappa shape index (κ1) is 15.6. The number of hydrogen-bond acceptors (Lipinski definition) is 4. The predicted molar refractivity (Wildman–Crippen MR) is 83.7 cm³/mol. The Morgan fingerprint density at radius 3 is 2.67 bits per heavy atom. The van der Waals surface area contributed by atoms with Crippen LogP contribution in [-0.2, 0) is 9.59 Å². The molecule has 1 aromatic rings. The van der Waals surface area contributed by atoms with E-state index in [4.69, 9.17) is 0 Å². The zero-order valence-corrected chi connectivity index (χ0v) is 12.8. The van der Waals surface area contributed by atoms with Crippen LogP contribution in [-0.4, -0.2) is 39.4 Å². The van der Waals surface area contributed by atoms with Crippen LogP contribution >= 0.6 is 11.8 Å². The van der Waals surface area contributed by atoms with E-state index in [0.717, 1.165) is 10.6 Å². The molecule has 1 amide bonds. The number of nitrogens with zero attached hydrogens (tertiary/aromatic N) is 1. The molecule has 2 N–H and O–H groups in total. The van der Waals surface area contributed by atoms with Crippen molar-refractivity contribution >= 4 is 28.7 Å². The van der Waals surface area contributed by atoms with E-state index in [1.54, 1.807) is 6.92 Å². The molecule has 0 fully saturated rings. The van der Waals surface area contributed by atoms with Gasteiger partial charge in [0.2, 0.25) is 5.91 Å². The van der Waals surface area contributed by atoms with Gasteiger partial charge in [-0.2, -0.15) is 0 Å². The summed E-state index contributed by atoms with van der Waals surface area (Å²) >= 11 is 1.52. The van der Waals surface area contributed by atoms with Crippen LogP contribution in [0.2, 0.25) is 0 Å². The maximum absolute atomic E-state index is 12.2. The number of carboxylic acid groups (broad SMARTS) is 1. The van der Waals surface area contributed by atoms with Crippen LogP contribution in [0.4, 0.5) is 0 Å². The van der Waals surface area contributed by atoms with E-state index in [0.29, 0.717) is 12.2 Å². The average Bonchev–Trinajstić information content (AvgIpc) is 2.97. The Morgan fingerprint density at radius 2 is 2.10 bits per heavy atom. The molecule has 1 aliphatic heterocycles. The van der Waals surface area contributed by atoms with Gasteiger partial charge in [-0.05, 0) is 13.3 Å².